The van der Waals surface area contributed by atoms with E-state index in [9.17, 15) is 4.79 Å². The number of ether oxygens (including phenoxy) is 3. The number of benzene rings is 2. The molecular weight excluding hydrogens is 308 g/mol. The molecule has 0 saturated carbocycles. The third-order valence-corrected chi connectivity index (χ3v) is 3.87. The van der Waals surface area contributed by atoms with E-state index in [2.05, 4.69) is 0 Å². The minimum atomic E-state index is 0.0208. The van der Waals surface area contributed by atoms with Gasteiger partial charge in [-0.1, -0.05) is 0 Å². The maximum Gasteiger partial charge on any atom is 0.203 e. The fourth-order valence-corrected chi connectivity index (χ4v) is 2.63. The Bertz CT molecular complexity index is 882. The monoisotopic (exact) mass is 326 g/mol. The predicted octanol–water partition coefficient (Wildman–Crippen LogP) is 4.33. The Hall–Kier alpha value is -2.95. The van der Waals surface area contributed by atoms with Crippen molar-refractivity contribution in [3.8, 4) is 28.6 Å². The maximum atomic E-state index is 11.5. The number of fused-ring (bicyclic) bond motifs is 1. The number of hydrogen-bond donors (Lipinski definition) is 0. The second-order valence-electron chi connectivity index (χ2n) is 5.33. The van der Waals surface area contributed by atoms with Crippen LogP contribution < -0.4 is 14.2 Å². The number of carbonyl (C=O) groups is 1. The molecule has 0 radical (unpaired) electrons. The van der Waals surface area contributed by atoms with E-state index in [1.165, 1.54) is 0 Å². The number of furan rings is 1. The van der Waals surface area contributed by atoms with Crippen LogP contribution in [-0.2, 0) is 0 Å². The first-order chi connectivity index (χ1) is 11.6. The predicted molar refractivity (Wildman–Crippen MR) is 91.3 cm³/mol. The summed E-state index contributed by atoms with van der Waals surface area (Å²) in [6.07, 6.45) is 0. The fourth-order valence-electron chi connectivity index (χ4n) is 2.63. The number of methoxy groups -OCH3 is 3. The average molecular weight is 326 g/mol. The minimum absolute atomic E-state index is 0.0208. The van der Waals surface area contributed by atoms with E-state index < -0.39 is 0 Å². The van der Waals surface area contributed by atoms with Crippen LogP contribution in [0, 0.1) is 0 Å². The molecule has 3 rings (SSSR count). The van der Waals surface area contributed by atoms with E-state index in [1.54, 1.807) is 40.4 Å². The maximum absolute atomic E-state index is 11.5. The molecule has 0 unspecified atom stereocenters. The van der Waals surface area contributed by atoms with Crippen LogP contribution >= 0.6 is 0 Å². The van der Waals surface area contributed by atoms with Crippen molar-refractivity contribution in [1.29, 1.82) is 0 Å². The Morgan fingerprint density at radius 3 is 2.12 bits per heavy atom. The highest BCUT2D eigenvalue weighted by Crippen LogP contribution is 2.42. The standard InChI is InChI=1S/C19H18O5/c1-11(20)12-5-6-15-13(7-12)8-16(24-15)14-9-17(21-2)19(23-4)18(10-14)22-3/h5-10H,1-4H3. The summed E-state index contributed by atoms with van der Waals surface area (Å²) in [6.45, 7) is 1.54. The SMILES string of the molecule is COc1cc(-c2cc3cc(C(C)=O)ccc3o2)cc(OC)c1OC. The van der Waals surface area contributed by atoms with Gasteiger partial charge in [0.2, 0.25) is 5.75 Å². The summed E-state index contributed by atoms with van der Waals surface area (Å²) in [6, 6.07) is 10.9. The van der Waals surface area contributed by atoms with E-state index in [-0.39, 0.29) is 5.78 Å². The highest BCUT2D eigenvalue weighted by molar-refractivity contribution is 5.98. The molecule has 0 amide bonds. The lowest BCUT2D eigenvalue weighted by Crippen LogP contribution is -1.95. The van der Waals surface area contributed by atoms with Crippen molar-refractivity contribution in [2.24, 2.45) is 0 Å². The van der Waals surface area contributed by atoms with Gasteiger partial charge in [-0.25, -0.2) is 0 Å². The molecule has 124 valence electrons. The molecule has 1 aromatic heterocycles. The molecule has 0 spiro atoms. The van der Waals surface area contributed by atoms with Crippen molar-refractivity contribution in [3.05, 3.63) is 42.0 Å². The van der Waals surface area contributed by atoms with E-state index in [4.69, 9.17) is 18.6 Å². The Morgan fingerprint density at radius 1 is 0.917 bits per heavy atom. The zero-order valence-electron chi connectivity index (χ0n) is 14.0. The van der Waals surface area contributed by atoms with Crippen LogP contribution in [0.3, 0.4) is 0 Å². The lowest BCUT2D eigenvalue weighted by molar-refractivity contribution is 0.101. The van der Waals surface area contributed by atoms with Crippen LogP contribution in [-0.4, -0.2) is 27.1 Å². The lowest BCUT2D eigenvalue weighted by Gasteiger charge is -2.13. The van der Waals surface area contributed by atoms with Crippen molar-refractivity contribution in [3.63, 3.8) is 0 Å². The molecule has 0 N–H and O–H groups in total. The number of Topliss-reactive ketones (excluding diaryl/α,β-unsaturated/α-hetero) is 1. The van der Waals surface area contributed by atoms with Crippen LogP contribution in [0.2, 0.25) is 0 Å². The first-order valence-corrected chi connectivity index (χ1v) is 7.42. The summed E-state index contributed by atoms with van der Waals surface area (Å²) in [7, 11) is 4.70. The molecule has 5 nitrogen and oxygen atoms in total. The number of ketones is 1. The Kier molecular flexibility index (Phi) is 4.16. The molecule has 0 saturated heterocycles. The molecule has 0 atom stereocenters. The molecule has 0 fully saturated rings. The summed E-state index contributed by atoms with van der Waals surface area (Å²) in [5.41, 5.74) is 2.16. The van der Waals surface area contributed by atoms with Gasteiger partial charge in [0.15, 0.2) is 17.3 Å². The quantitative estimate of drug-likeness (QED) is 0.653. The van der Waals surface area contributed by atoms with Crippen LogP contribution in [0.25, 0.3) is 22.3 Å². The zero-order chi connectivity index (χ0) is 17.3. The van der Waals surface area contributed by atoms with Gasteiger partial charge in [-0.05, 0) is 43.3 Å². The third kappa shape index (κ3) is 2.69. The van der Waals surface area contributed by atoms with Gasteiger partial charge in [-0.15, -0.1) is 0 Å². The second-order valence-corrected chi connectivity index (χ2v) is 5.33. The van der Waals surface area contributed by atoms with Gasteiger partial charge < -0.3 is 18.6 Å². The van der Waals surface area contributed by atoms with Gasteiger partial charge >= 0.3 is 0 Å². The summed E-state index contributed by atoms with van der Waals surface area (Å²) < 4.78 is 22.0. The summed E-state index contributed by atoms with van der Waals surface area (Å²) >= 11 is 0. The average Bonchev–Trinajstić information content (AvgIpc) is 3.03. The summed E-state index contributed by atoms with van der Waals surface area (Å²) in [4.78, 5) is 11.5. The molecular formula is C19H18O5. The molecule has 0 aliphatic carbocycles. The molecule has 24 heavy (non-hydrogen) atoms. The smallest absolute Gasteiger partial charge is 0.203 e. The van der Waals surface area contributed by atoms with Crippen molar-refractivity contribution < 1.29 is 23.4 Å². The van der Waals surface area contributed by atoms with Gasteiger partial charge in [0.25, 0.3) is 0 Å². The zero-order valence-corrected chi connectivity index (χ0v) is 14.0. The van der Waals surface area contributed by atoms with E-state index in [1.807, 2.05) is 24.3 Å². The van der Waals surface area contributed by atoms with E-state index in [0.29, 0.717) is 34.2 Å². The third-order valence-electron chi connectivity index (χ3n) is 3.87. The number of hydrogen-bond acceptors (Lipinski definition) is 5. The molecule has 0 aliphatic rings. The lowest BCUT2D eigenvalue weighted by atomic mass is 10.1. The van der Waals surface area contributed by atoms with Crippen LogP contribution in [0.1, 0.15) is 17.3 Å². The molecule has 0 aliphatic heterocycles. The molecule has 1 heterocycles. The van der Waals surface area contributed by atoms with Crippen LogP contribution in [0.4, 0.5) is 0 Å². The van der Waals surface area contributed by atoms with Crippen molar-refractivity contribution in [2.45, 2.75) is 6.92 Å². The second kappa shape index (κ2) is 6.28. The van der Waals surface area contributed by atoms with E-state index in [0.717, 1.165) is 10.9 Å². The Labute approximate surface area is 139 Å². The van der Waals surface area contributed by atoms with Crippen LogP contribution in [0.5, 0.6) is 17.2 Å². The van der Waals surface area contributed by atoms with Crippen molar-refractivity contribution >= 4 is 16.8 Å². The summed E-state index contributed by atoms with van der Waals surface area (Å²) in [5.74, 6) is 2.31. The molecule has 0 bridgehead atoms. The minimum Gasteiger partial charge on any atom is -0.493 e. The van der Waals surface area contributed by atoms with Crippen molar-refractivity contribution in [1.82, 2.24) is 0 Å². The Morgan fingerprint density at radius 2 is 1.58 bits per heavy atom. The number of rotatable bonds is 5. The topological polar surface area (TPSA) is 57.9 Å². The molecule has 5 heteroatoms. The highest BCUT2D eigenvalue weighted by atomic mass is 16.5. The fraction of sp³-hybridized carbons (Fsp3) is 0.211. The molecule has 3 aromatic rings. The number of carbonyl (C=O) groups excluding carboxylic acids is 1. The largest absolute Gasteiger partial charge is 0.493 e. The first-order valence-electron chi connectivity index (χ1n) is 7.42. The summed E-state index contributed by atoms with van der Waals surface area (Å²) in [5, 5.41) is 0.867. The first kappa shape index (κ1) is 15.9. The Balaban J connectivity index is 2.14. The highest BCUT2D eigenvalue weighted by Gasteiger charge is 2.16. The van der Waals surface area contributed by atoms with Gasteiger partial charge in [0, 0.05) is 16.5 Å². The van der Waals surface area contributed by atoms with Gasteiger partial charge in [-0.3, -0.25) is 4.79 Å². The van der Waals surface area contributed by atoms with E-state index >= 15 is 0 Å². The van der Waals surface area contributed by atoms with Crippen LogP contribution in [0.15, 0.2) is 40.8 Å². The normalized spacial score (nSPS) is 10.7. The van der Waals surface area contributed by atoms with Crippen molar-refractivity contribution in [2.75, 3.05) is 21.3 Å². The van der Waals surface area contributed by atoms with Gasteiger partial charge in [0.1, 0.15) is 11.3 Å². The molecule has 2 aromatic carbocycles. The van der Waals surface area contributed by atoms with Gasteiger partial charge in [-0.2, -0.15) is 0 Å². The van der Waals surface area contributed by atoms with Gasteiger partial charge in [0.05, 0.1) is 21.3 Å².